The summed E-state index contributed by atoms with van der Waals surface area (Å²) in [5.41, 5.74) is 3.25. The Morgan fingerprint density at radius 3 is 2.39 bits per heavy atom. The smallest absolute Gasteiger partial charge is 0.254 e. The zero-order chi connectivity index (χ0) is 21.6. The lowest BCUT2D eigenvalue weighted by molar-refractivity contribution is -0.116. The number of likely N-dealkylation sites (N-methyl/N-ethyl adjacent to an activating group) is 1. The van der Waals surface area contributed by atoms with Crippen LogP contribution in [0, 0.1) is 0 Å². The topological polar surface area (TPSA) is 66.8 Å². The number of rotatable bonds is 6. The molecule has 1 aliphatic rings. The van der Waals surface area contributed by atoms with Crippen LogP contribution in [0.4, 0.5) is 11.4 Å². The largest absolute Gasteiger partial charge is 0.378 e. The molecule has 2 aromatic carbocycles. The number of hydrogen-bond acceptors (Lipinski definition) is 4. The second-order valence-corrected chi connectivity index (χ2v) is 7.50. The first kappa shape index (κ1) is 20.7. The number of nitrogens with one attached hydrogen (secondary N) is 1. The van der Waals surface area contributed by atoms with E-state index in [1.54, 1.807) is 13.1 Å². The van der Waals surface area contributed by atoms with Crippen molar-refractivity contribution >= 4 is 23.2 Å². The highest BCUT2D eigenvalue weighted by molar-refractivity contribution is 5.99. The van der Waals surface area contributed by atoms with Gasteiger partial charge in [0.05, 0.1) is 19.8 Å². The summed E-state index contributed by atoms with van der Waals surface area (Å²) in [5, 5.41) is 2.86. The van der Waals surface area contributed by atoms with Crippen LogP contribution in [0.1, 0.15) is 10.4 Å². The molecular weight excluding hydrogens is 392 g/mol. The van der Waals surface area contributed by atoms with E-state index in [0.29, 0.717) is 11.3 Å². The molecule has 0 radical (unpaired) electrons. The fourth-order valence-corrected chi connectivity index (χ4v) is 3.59. The third-order valence-corrected chi connectivity index (χ3v) is 5.25. The third kappa shape index (κ3) is 5.13. The minimum absolute atomic E-state index is 0.0300. The second-order valence-electron chi connectivity index (χ2n) is 7.50. The van der Waals surface area contributed by atoms with E-state index >= 15 is 0 Å². The van der Waals surface area contributed by atoms with Crippen LogP contribution in [0.15, 0.2) is 73.1 Å². The van der Waals surface area contributed by atoms with Crippen LogP contribution < -0.4 is 10.2 Å². The molecule has 0 saturated carbocycles. The van der Waals surface area contributed by atoms with E-state index < -0.39 is 0 Å². The lowest BCUT2D eigenvalue weighted by atomic mass is 10.1. The van der Waals surface area contributed by atoms with Crippen molar-refractivity contribution in [2.75, 3.05) is 50.1 Å². The van der Waals surface area contributed by atoms with E-state index in [-0.39, 0.29) is 18.4 Å². The summed E-state index contributed by atoms with van der Waals surface area (Å²) < 4.78 is 7.31. The van der Waals surface area contributed by atoms with Gasteiger partial charge < -0.3 is 24.4 Å². The number of aromatic nitrogens is 1. The quantitative estimate of drug-likeness (QED) is 0.668. The fraction of sp³-hybridized carbons (Fsp3) is 0.250. The molecule has 1 N–H and O–H groups in total. The number of carbonyl (C=O) groups is 2. The molecule has 0 atom stereocenters. The Bertz CT molecular complexity index is 1030. The first-order chi connectivity index (χ1) is 15.1. The van der Waals surface area contributed by atoms with Crippen molar-refractivity contribution in [1.29, 1.82) is 0 Å². The van der Waals surface area contributed by atoms with Gasteiger partial charge in [-0.3, -0.25) is 9.59 Å². The number of nitrogens with zero attached hydrogens (tertiary/aromatic N) is 3. The molecule has 0 bridgehead atoms. The van der Waals surface area contributed by atoms with Gasteiger partial charge in [0.25, 0.3) is 5.91 Å². The summed E-state index contributed by atoms with van der Waals surface area (Å²) in [5.74, 6) is -0.441. The van der Waals surface area contributed by atoms with Crippen molar-refractivity contribution in [2.24, 2.45) is 0 Å². The summed E-state index contributed by atoms with van der Waals surface area (Å²) in [6.07, 6.45) is 3.84. The Balaban J connectivity index is 1.34. The van der Waals surface area contributed by atoms with Crippen LogP contribution >= 0.6 is 0 Å². The molecule has 7 nitrogen and oxygen atoms in total. The molecule has 0 unspecified atom stereocenters. The lowest BCUT2D eigenvalue weighted by Gasteiger charge is -2.28. The van der Waals surface area contributed by atoms with Crippen molar-refractivity contribution in [3.05, 3.63) is 78.6 Å². The van der Waals surface area contributed by atoms with E-state index in [9.17, 15) is 9.59 Å². The van der Waals surface area contributed by atoms with Gasteiger partial charge in [-0.2, -0.15) is 0 Å². The van der Waals surface area contributed by atoms with Gasteiger partial charge >= 0.3 is 0 Å². The highest BCUT2D eigenvalue weighted by Gasteiger charge is 2.16. The monoisotopic (exact) mass is 418 g/mol. The molecule has 0 aliphatic carbocycles. The highest BCUT2D eigenvalue weighted by atomic mass is 16.5. The summed E-state index contributed by atoms with van der Waals surface area (Å²) in [6.45, 7) is 3.16. The zero-order valence-corrected chi connectivity index (χ0v) is 17.5. The van der Waals surface area contributed by atoms with Gasteiger partial charge in [-0.15, -0.1) is 0 Å². The predicted molar refractivity (Wildman–Crippen MR) is 121 cm³/mol. The summed E-state index contributed by atoms with van der Waals surface area (Å²) in [6, 6.07) is 18.9. The maximum atomic E-state index is 12.8. The minimum Gasteiger partial charge on any atom is -0.378 e. The number of amides is 2. The molecule has 4 rings (SSSR count). The van der Waals surface area contributed by atoms with Crippen LogP contribution in [0.2, 0.25) is 0 Å². The molecule has 3 aromatic rings. The SMILES string of the molecule is CN(CC(=O)Nc1ccc(N2CCOCC2)cc1)C(=O)c1cccc(-n2cccc2)c1. The number of benzene rings is 2. The number of ether oxygens (including phenoxy) is 1. The van der Waals surface area contributed by atoms with E-state index in [1.165, 1.54) is 4.90 Å². The van der Waals surface area contributed by atoms with Gasteiger partial charge in [0.1, 0.15) is 0 Å². The van der Waals surface area contributed by atoms with Crippen molar-refractivity contribution in [2.45, 2.75) is 0 Å². The number of anilines is 2. The molecule has 1 saturated heterocycles. The standard InChI is InChI=1S/C24H26N4O3/c1-26(24(30)19-5-4-6-22(17-19)27-11-2-3-12-27)18-23(29)25-20-7-9-21(10-8-20)28-13-15-31-16-14-28/h2-12,17H,13-16,18H2,1H3,(H,25,29). The van der Waals surface area contributed by atoms with Crippen LogP contribution in [-0.4, -0.2) is 61.2 Å². The predicted octanol–water partition coefficient (Wildman–Crippen LogP) is 3.02. The fourth-order valence-electron chi connectivity index (χ4n) is 3.59. The minimum atomic E-state index is -0.239. The normalized spacial score (nSPS) is 13.6. The lowest BCUT2D eigenvalue weighted by Crippen LogP contribution is -2.36. The van der Waals surface area contributed by atoms with Crippen molar-refractivity contribution in [3.63, 3.8) is 0 Å². The van der Waals surface area contributed by atoms with Crippen LogP contribution in [-0.2, 0) is 9.53 Å². The molecule has 1 aliphatic heterocycles. The second kappa shape index (κ2) is 9.49. The molecule has 1 aromatic heterocycles. The molecule has 7 heteroatoms. The molecular formula is C24H26N4O3. The van der Waals surface area contributed by atoms with Crippen LogP contribution in [0.25, 0.3) is 5.69 Å². The van der Waals surface area contributed by atoms with Crippen LogP contribution in [0.3, 0.4) is 0 Å². The van der Waals surface area contributed by atoms with E-state index in [4.69, 9.17) is 4.74 Å². The number of carbonyl (C=O) groups excluding carboxylic acids is 2. The Hall–Kier alpha value is -3.58. The molecule has 2 amide bonds. The summed E-state index contributed by atoms with van der Waals surface area (Å²) in [4.78, 5) is 28.9. The number of hydrogen-bond donors (Lipinski definition) is 1. The summed E-state index contributed by atoms with van der Waals surface area (Å²) >= 11 is 0. The van der Waals surface area contributed by atoms with Gasteiger partial charge in [0.2, 0.25) is 5.91 Å². The molecule has 31 heavy (non-hydrogen) atoms. The molecule has 0 spiro atoms. The first-order valence-corrected chi connectivity index (χ1v) is 10.3. The van der Waals surface area contributed by atoms with E-state index in [2.05, 4.69) is 10.2 Å². The molecule has 2 heterocycles. The Morgan fingerprint density at radius 1 is 0.968 bits per heavy atom. The Labute approximate surface area is 181 Å². The molecule has 160 valence electrons. The van der Waals surface area contributed by atoms with Gasteiger partial charge in [0, 0.05) is 55.2 Å². The number of morpholine rings is 1. The van der Waals surface area contributed by atoms with Crippen molar-refractivity contribution < 1.29 is 14.3 Å². The molecule has 1 fully saturated rings. The van der Waals surface area contributed by atoms with Gasteiger partial charge in [0.15, 0.2) is 0 Å². The zero-order valence-electron chi connectivity index (χ0n) is 17.5. The highest BCUT2D eigenvalue weighted by Crippen LogP contribution is 2.19. The average Bonchev–Trinajstić information content (AvgIpc) is 3.35. The van der Waals surface area contributed by atoms with E-state index in [0.717, 1.165) is 37.7 Å². The maximum Gasteiger partial charge on any atom is 0.254 e. The third-order valence-electron chi connectivity index (χ3n) is 5.25. The van der Waals surface area contributed by atoms with Crippen LogP contribution in [0.5, 0.6) is 0 Å². The Kier molecular flexibility index (Phi) is 6.33. The van der Waals surface area contributed by atoms with Crippen molar-refractivity contribution in [1.82, 2.24) is 9.47 Å². The van der Waals surface area contributed by atoms with E-state index in [1.807, 2.05) is 71.6 Å². The maximum absolute atomic E-state index is 12.8. The van der Waals surface area contributed by atoms with Gasteiger partial charge in [-0.25, -0.2) is 0 Å². The average molecular weight is 418 g/mol. The Morgan fingerprint density at radius 2 is 1.68 bits per heavy atom. The van der Waals surface area contributed by atoms with Gasteiger partial charge in [-0.1, -0.05) is 6.07 Å². The first-order valence-electron chi connectivity index (χ1n) is 10.3. The summed E-state index contributed by atoms with van der Waals surface area (Å²) in [7, 11) is 1.63. The van der Waals surface area contributed by atoms with Gasteiger partial charge in [-0.05, 0) is 54.6 Å². The van der Waals surface area contributed by atoms with Crippen molar-refractivity contribution in [3.8, 4) is 5.69 Å².